The van der Waals surface area contributed by atoms with Crippen molar-refractivity contribution in [3.63, 3.8) is 0 Å². The summed E-state index contributed by atoms with van der Waals surface area (Å²) in [6.45, 7) is 0.912. The Morgan fingerprint density at radius 3 is 2.59 bits per heavy atom. The van der Waals surface area contributed by atoms with Gasteiger partial charge in [-0.25, -0.2) is 0 Å². The maximum Gasteiger partial charge on any atom is 0.248 e. The van der Waals surface area contributed by atoms with Crippen LogP contribution in [0.15, 0.2) is 24.3 Å². The highest BCUT2D eigenvalue weighted by Crippen LogP contribution is 2.24. The number of nitrogens with two attached hydrogens (primary N) is 2. The van der Waals surface area contributed by atoms with E-state index in [2.05, 4.69) is 5.32 Å². The van der Waals surface area contributed by atoms with E-state index in [0.717, 1.165) is 19.3 Å². The van der Waals surface area contributed by atoms with Gasteiger partial charge < -0.3 is 21.5 Å². The van der Waals surface area contributed by atoms with Crippen molar-refractivity contribution in [2.24, 2.45) is 17.4 Å². The van der Waals surface area contributed by atoms with Gasteiger partial charge in [0.25, 0.3) is 0 Å². The average molecular weight is 305 g/mol. The summed E-state index contributed by atoms with van der Waals surface area (Å²) in [4.78, 5) is 22.9. The Balaban J connectivity index is 1.71. The number of ether oxygens (including phenoxy) is 1. The summed E-state index contributed by atoms with van der Waals surface area (Å²) in [6, 6.07) is 6.73. The maximum atomic E-state index is 11.9. The monoisotopic (exact) mass is 305 g/mol. The smallest absolute Gasteiger partial charge is 0.248 e. The van der Waals surface area contributed by atoms with Crippen LogP contribution in [0.1, 0.15) is 36.0 Å². The molecule has 22 heavy (non-hydrogen) atoms. The fourth-order valence-electron chi connectivity index (χ4n) is 2.76. The van der Waals surface area contributed by atoms with Gasteiger partial charge in [-0.2, -0.15) is 0 Å². The van der Waals surface area contributed by atoms with E-state index in [9.17, 15) is 9.59 Å². The molecule has 0 bridgehead atoms. The number of rotatable bonds is 7. The van der Waals surface area contributed by atoms with Gasteiger partial charge in [-0.05, 0) is 49.6 Å². The van der Waals surface area contributed by atoms with Crippen molar-refractivity contribution < 1.29 is 14.3 Å². The van der Waals surface area contributed by atoms with E-state index in [4.69, 9.17) is 16.2 Å². The van der Waals surface area contributed by atoms with Gasteiger partial charge in [-0.3, -0.25) is 9.59 Å². The lowest BCUT2D eigenvalue weighted by Crippen LogP contribution is -2.40. The Morgan fingerprint density at radius 1 is 1.23 bits per heavy atom. The summed E-state index contributed by atoms with van der Waals surface area (Å²) in [5, 5.41) is 3.03. The van der Waals surface area contributed by atoms with Crippen LogP contribution in [0.25, 0.3) is 0 Å². The first kappa shape index (κ1) is 16.3. The third-order valence-corrected chi connectivity index (χ3v) is 4.04. The number of primary amides is 1. The zero-order valence-electron chi connectivity index (χ0n) is 12.6. The molecule has 5 N–H and O–H groups in total. The molecule has 0 spiro atoms. The minimum absolute atomic E-state index is 0.0147. The highest BCUT2D eigenvalue weighted by atomic mass is 16.5. The van der Waals surface area contributed by atoms with E-state index in [0.29, 0.717) is 36.8 Å². The second-order valence-corrected chi connectivity index (χ2v) is 5.59. The lowest BCUT2D eigenvalue weighted by molar-refractivity contribution is -0.122. The van der Waals surface area contributed by atoms with Crippen LogP contribution >= 0.6 is 0 Å². The zero-order chi connectivity index (χ0) is 15.9. The number of benzene rings is 1. The molecule has 6 heteroatoms. The van der Waals surface area contributed by atoms with Crippen molar-refractivity contribution >= 4 is 11.8 Å². The van der Waals surface area contributed by atoms with Crippen molar-refractivity contribution in [3.8, 4) is 5.75 Å². The molecule has 1 aromatic carbocycles. The molecule has 1 aromatic rings. The molecule has 2 atom stereocenters. The number of nitrogens with one attached hydrogen (secondary N) is 1. The summed E-state index contributed by atoms with van der Waals surface area (Å²) in [6.07, 6.45) is 3.51. The highest BCUT2D eigenvalue weighted by Gasteiger charge is 2.27. The van der Waals surface area contributed by atoms with Gasteiger partial charge in [0.05, 0.1) is 13.0 Å². The van der Waals surface area contributed by atoms with Gasteiger partial charge in [-0.15, -0.1) is 0 Å². The highest BCUT2D eigenvalue weighted by molar-refractivity contribution is 5.92. The molecule has 0 heterocycles. The van der Waals surface area contributed by atoms with Gasteiger partial charge in [0.2, 0.25) is 11.8 Å². The quantitative estimate of drug-likeness (QED) is 0.692. The third-order valence-electron chi connectivity index (χ3n) is 4.04. The molecular weight excluding hydrogens is 282 g/mol. The molecule has 120 valence electrons. The normalized spacial score (nSPS) is 20.6. The lowest BCUT2D eigenvalue weighted by atomic mass is 10.0. The number of hydrogen-bond acceptors (Lipinski definition) is 4. The number of carbonyl (C=O) groups is 2. The number of amides is 2. The van der Waals surface area contributed by atoms with Crippen molar-refractivity contribution in [2.75, 3.05) is 13.2 Å². The van der Waals surface area contributed by atoms with Crippen molar-refractivity contribution in [3.05, 3.63) is 29.8 Å². The molecule has 6 nitrogen and oxygen atoms in total. The Morgan fingerprint density at radius 2 is 1.95 bits per heavy atom. The van der Waals surface area contributed by atoms with E-state index in [1.165, 1.54) is 0 Å². The third kappa shape index (κ3) is 4.46. The SMILES string of the molecule is NCC1CCCC1NC(=O)CCOc1ccc(C(N)=O)cc1. The Labute approximate surface area is 130 Å². The van der Waals surface area contributed by atoms with Gasteiger partial charge in [-0.1, -0.05) is 6.42 Å². The van der Waals surface area contributed by atoms with Crippen LogP contribution in [0.3, 0.4) is 0 Å². The Hall–Kier alpha value is -2.08. The first-order valence-corrected chi connectivity index (χ1v) is 7.62. The lowest BCUT2D eigenvalue weighted by Gasteiger charge is -2.19. The fraction of sp³-hybridized carbons (Fsp3) is 0.500. The number of hydrogen-bond donors (Lipinski definition) is 3. The topological polar surface area (TPSA) is 107 Å². The zero-order valence-corrected chi connectivity index (χ0v) is 12.6. The van der Waals surface area contributed by atoms with E-state index in [-0.39, 0.29) is 11.9 Å². The van der Waals surface area contributed by atoms with E-state index >= 15 is 0 Å². The molecule has 1 aliphatic rings. The summed E-state index contributed by atoms with van der Waals surface area (Å²) >= 11 is 0. The second kappa shape index (κ2) is 7.79. The van der Waals surface area contributed by atoms with Gasteiger partial charge in [0.1, 0.15) is 5.75 Å². The van der Waals surface area contributed by atoms with Crippen molar-refractivity contribution in [1.82, 2.24) is 5.32 Å². The fourth-order valence-corrected chi connectivity index (χ4v) is 2.76. The summed E-state index contributed by atoms with van der Waals surface area (Å²) in [5.41, 5.74) is 11.3. The van der Waals surface area contributed by atoms with Crippen LogP contribution in [0.2, 0.25) is 0 Å². The van der Waals surface area contributed by atoms with Crippen LogP contribution in [0.5, 0.6) is 5.75 Å². The first-order valence-electron chi connectivity index (χ1n) is 7.62. The Kier molecular flexibility index (Phi) is 5.77. The Bertz CT molecular complexity index is 516. The molecule has 1 saturated carbocycles. The molecule has 0 saturated heterocycles. The predicted molar refractivity (Wildman–Crippen MR) is 83.4 cm³/mol. The predicted octanol–water partition coefficient (Wildman–Crippen LogP) is 0.798. The average Bonchev–Trinajstić information content (AvgIpc) is 2.95. The first-order chi connectivity index (χ1) is 10.6. The minimum atomic E-state index is -0.475. The van der Waals surface area contributed by atoms with Crippen LogP contribution in [0.4, 0.5) is 0 Å². The largest absolute Gasteiger partial charge is 0.493 e. The molecule has 0 aromatic heterocycles. The van der Waals surface area contributed by atoms with E-state index < -0.39 is 5.91 Å². The van der Waals surface area contributed by atoms with Crippen LogP contribution in [0, 0.1) is 5.92 Å². The summed E-state index contributed by atoms with van der Waals surface area (Å²) in [5.74, 6) is 0.515. The van der Waals surface area contributed by atoms with Gasteiger partial charge in [0, 0.05) is 11.6 Å². The van der Waals surface area contributed by atoms with Gasteiger partial charge >= 0.3 is 0 Å². The molecule has 2 amide bonds. The van der Waals surface area contributed by atoms with Crippen LogP contribution < -0.4 is 21.5 Å². The van der Waals surface area contributed by atoms with E-state index in [1.807, 2.05) is 0 Å². The number of carbonyl (C=O) groups excluding carboxylic acids is 2. The molecule has 2 unspecified atom stereocenters. The summed E-state index contributed by atoms with van der Waals surface area (Å²) in [7, 11) is 0. The minimum Gasteiger partial charge on any atom is -0.493 e. The van der Waals surface area contributed by atoms with E-state index in [1.54, 1.807) is 24.3 Å². The molecule has 0 radical (unpaired) electrons. The molecule has 0 aliphatic heterocycles. The van der Waals surface area contributed by atoms with Crippen LogP contribution in [-0.2, 0) is 4.79 Å². The maximum absolute atomic E-state index is 11.9. The van der Waals surface area contributed by atoms with Crippen molar-refractivity contribution in [2.45, 2.75) is 31.7 Å². The summed E-state index contributed by atoms with van der Waals surface area (Å²) < 4.78 is 5.49. The molecule has 2 rings (SSSR count). The van der Waals surface area contributed by atoms with Gasteiger partial charge in [0.15, 0.2) is 0 Å². The molecule has 1 aliphatic carbocycles. The standard InChI is InChI=1S/C16H23N3O3/c17-10-12-2-1-3-14(12)19-15(20)8-9-22-13-6-4-11(5-7-13)16(18)21/h4-7,12,14H,1-3,8-10,17H2,(H2,18,21)(H,19,20). The van der Waals surface area contributed by atoms with Crippen molar-refractivity contribution in [1.29, 1.82) is 0 Å². The molecule has 1 fully saturated rings. The second-order valence-electron chi connectivity index (χ2n) is 5.59. The molecular formula is C16H23N3O3. The van der Waals surface area contributed by atoms with Crippen LogP contribution in [-0.4, -0.2) is 31.0 Å².